The van der Waals surface area contributed by atoms with E-state index in [1.54, 1.807) is 0 Å². The predicted octanol–water partition coefficient (Wildman–Crippen LogP) is 5.88. The van der Waals surface area contributed by atoms with Gasteiger partial charge in [-0.3, -0.25) is 4.79 Å². The summed E-state index contributed by atoms with van der Waals surface area (Å²) in [5.74, 6) is -0.709. The molecule has 0 atom stereocenters. The number of carboxylic acid groups (broad SMARTS) is 1. The van der Waals surface area contributed by atoms with Gasteiger partial charge in [-0.15, -0.1) is 6.58 Å². The number of carboxylic acids is 1. The number of carbonyl (C=O) groups is 1. The van der Waals surface area contributed by atoms with Crippen molar-refractivity contribution in [1.29, 1.82) is 0 Å². The highest BCUT2D eigenvalue weighted by Crippen LogP contribution is 2.11. The number of allylic oxidation sites excluding steroid dienone is 3. The number of hydrogen-bond donors (Lipinski definition) is 1. The van der Waals surface area contributed by atoms with Gasteiger partial charge in [0.05, 0.1) is 0 Å². The first-order valence-corrected chi connectivity index (χ1v) is 8.25. The first-order chi connectivity index (χ1) is 9.77. The van der Waals surface area contributed by atoms with Crippen LogP contribution >= 0.6 is 0 Å². The summed E-state index contributed by atoms with van der Waals surface area (Å²) in [4.78, 5) is 10.3. The van der Waals surface area contributed by atoms with Crippen LogP contribution in [0.1, 0.15) is 83.5 Å². The maximum atomic E-state index is 10.3. The van der Waals surface area contributed by atoms with Gasteiger partial charge in [0.1, 0.15) is 0 Å². The molecule has 0 fully saturated rings. The van der Waals surface area contributed by atoms with Crippen LogP contribution in [0.4, 0.5) is 0 Å². The fraction of sp³-hybridized carbons (Fsp3) is 0.722. The van der Waals surface area contributed by atoms with Gasteiger partial charge in [-0.25, -0.2) is 0 Å². The Bertz CT molecular complexity index is 256. The molecule has 0 heterocycles. The average molecular weight is 280 g/mol. The van der Waals surface area contributed by atoms with Gasteiger partial charge in [0.2, 0.25) is 0 Å². The van der Waals surface area contributed by atoms with Crippen molar-refractivity contribution >= 4 is 5.97 Å². The minimum absolute atomic E-state index is 0.253. The molecule has 0 aromatic heterocycles. The van der Waals surface area contributed by atoms with Crippen LogP contribution in [0.2, 0.25) is 0 Å². The van der Waals surface area contributed by atoms with Gasteiger partial charge in [0.15, 0.2) is 0 Å². The maximum Gasteiger partial charge on any atom is 0.303 e. The quantitative estimate of drug-likeness (QED) is 0.300. The summed E-state index contributed by atoms with van der Waals surface area (Å²) >= 11 is 0. The Kier molecular flexibility index (Phi) is 15.2. The van der Waals surface area contributed by atoms with E-state index >= 15 is 0 Å². The standard InChI is InChI=1S/C18H32O2/c1-2-3-4-5-6-7-8-9-10-11-12-13-14-15-16-17-18(19)20/h2,14-15H,1,3-13,16-17H2,(H,19,20)/b15-14+. The highest BCUT2D eigenvalue weighted by molar-refractivity contribution is 5.66. The van der Waals surface area contributed by atoms with E-state index in [4.69, 9.17) is 5.11 Å². The molecule has 0 aliphatic carbocycles. The molecule has 20 heavy (non-hydrogen) atoms. The zero-order valence-corrected chi connectivity index (χ0v) is 13.0. The second-order valence-corrected chi connectivity index (χ2v) is 5.45. The van der Waals surface area contributed by atoms with Gasteiger partial charge >= 0.3 is 5.97 Å². The minimum Gasteiger partial charge on any atom is -0.481 e. The number of aliphatic carboxylic acids is 1. The second kappa shape index (κ2) is 16.0. The molecular formula is C18H32O2. The molecule has 0 unspecified atom stereocenters. The van der Waals surface area contributed by atoms with E-state index in [9.17, 15) is 4.79 Å². The Balaban J connectivity index is 3.05. The van der Waals surface area contributed by atoms with Crippen molar-refractivity contribution in [2.24, 2.45) is 0 Å². The third kappa shape index (κ3) is 16.9. The zero-order chi connectivity index (χ0) is 14.9. The normalized spacial score (nSPS) is 11.0. The summed E-state index contributed by atoms with van der Waals surface area (Å²) in [7, 11) is 0. The second-order valence-electron chi connectivity index (χ2n) is 5.45. The Hall–Kier alpha value is -1.05. The monoisotopic (exact) mass is 280 g/mol. The van der Waals surface area contributed by atoms with E-state index < -0.39 is 5.97 Å². The van der Waals surface area contributed by atoms with Crippen LogP contribution in [0.25, 0.3) is 0 Å². The number of hydrogen-bond acceptors (Lipinski definition) is 1. The van der Waals surface area contributed by atoms with Crippen LogP contribution in [0.3, 0.4) is 0 Å². The molecule has 0 bridgehead atoms. The van der Waals surface area contributed by atoms with E-state index in [1.807, 2.05) is 12.2 Å². The Morgan fingerprint density at radius 2 is 1.20 bits per heavy atom. The van der Waals surface area contributed by atoms with Crippen LogP contribution < -0.4 is 0 Å². The lowest BCUT2D eigenvalue weighted by molar-refractivity contribution is -0.136. The molecule has 2 heteroatoms. The molecule has 0 aliphatic heterocycles. The molecule has 1 N–H and O–H groups in total. The van der Waals surface area contributed by atoms with Crippen LogP contribution in [0.15, 0.2) is 24.8 Å². The molecule has 0 aromatic carbocycles. The van der Waals surface area contributed by atoms with E-state index in [0.29, 0.717) is 6.42 Å². The Labute approximate surface area is 125 Å². The Morgan fingerprint density at radius 3 is 1.70 bits per heavy atom. The van der Waals surface area contributed by atoms with Gasteiger partial charge in [-0.05, 0) is 32.1 Å². The summed E-state index contributed by atoms with van der Waals surface area (Å²) in [5.41, 5.74) is 0. The SMILES string of the molecule is C=CCCCCCCCCCCC/C=C/CCC(=O)O. The highest BCUT2D eigenvalue weighted by atomic mass is 16.4. The molecule has 0 rings (SSSR count). The van der Waals surface area contributed by atoms with Gasteiger partial charge < -0.3 is 5.11 Å². The molecule has 0 amide bonds. The zero-order valence-electron chi connectivity index (χ0n) is 13.0. The topological polar surface area (TPSA) is 37.3 Å². The van der Waals surface area contributed by atoms with E-state index in [0.717, 1.165) is 6.42 Å². The molecule has 0 aromatic rings. The largest absolute Gasteiger partial charge is 0.481 e. The van der Waals surface area contributed by atoms with Crippen LogP contribution in [0.5, 0.6) is 0 Å². The lowest BCUT2D eigenvalue weighted by atomic mass is 10.1. The minimum atomic E-state index is -0.709. The molecule has 0 radical (unpaired) electrons. The molecular weight excluding hydrogens is 248 g/mol. The van der Waals surface area contributed by atoms with Gasteiger partial charge in [-0.2, -0.15) is 0 Å². The lowest BCUT2D eigenvalue weighted by Gasteiger charge is -2.01. The molecule has 0 saturated carbocycles. The first kappa shape index (κ1) is 18.9. The van der Waals surface area contributed by atoms with Crippen LogP contribution in [-0.2, 0) is 4.79 Å². The first-order valence-electron chi connectivity index (χ1n) is 8.25. The number of rotatable bonds is 15. The van der Waals surface area contributed by atoms with Crippen molar-refractivity contribution in [1.82, 2.24) is 0 Å². The van der Waals surface area contributed by atoms with Crippen molar-refractivity contribution in [3.63, 3.8) is 0 Å². The van der Waals surface area contributed by atoms with Gasteiger partial charge in [0, 0.05) is 6.42 Å². The van der Waals surface area contributed by atoms with E-state index in [-0.39, 0.29) is 6.42 Å². The lowest BCUT2D eigenvalue weighted by Crippen LogP contribution is -1.91. The van der Waals surface area contributed by atoms with Crippen LogP contribution in [0, 0.1) is 0 Å². The summed E-state index contributed by atoms with van der Waals surface area (Å²) in [6.45, 7) is 3.74. The van der Waals surface area contributed by atoms with Crippen molar-refractivity contribution in [3.8, 4) is 0 Å². The summed E-state index contributed by atoms with van der Waals surface area (Å²) < 4.78 is 0. The predicted molar refractivity (Wildman–Crippen MR) is 87.0 cm³/mol. The highest BCUT2D eigenvalue weighted by Gasteiger charge is 1.93. The molecule has 2 nitrogen and oxygen atoms in total. The smallest absolute Gasteiger partial charge is 0.303 e. The maximum absolute atomic E-state index is 10.3. The van der Waals surface area contributed by atoms with Crippen molar-refractivity contribution < 1.29 is 9.90 Å². The van der Waals surface area contributed by atoms with Crippen molar-refractivity contribution in [2.45, 2.75) is 83.5 Å². The van der Waals surface area contributed by atoms with E-state index in [1.165, 1.54) is 64.2 Å². The number of unbranched alkanes of at least 4 members (excludes halogenated alkanes) is 10. The summed E-state index contributed by atoms with van der Waals surface area (Å²) in [6, 6.07) is 0. The summed E-state index contributed by atoms with van der Waals surface area (Å²) in [6.07, 6.45) is 21.4. The van der Waals surface area contributed by atoms with E-state index in [2.05, 4.69) is 12.7 Å². The third-order valence-corrected chi connectivity index (χ3v) is 3.47. The average Bonchev–Trinajstić information content (AvgIpc) is 2.43. The third-order valence-electron chi connectivity index (χ3n) is 3.47. The fourth-order valence-electron chi connectivity index (χ4n) is 2.23. The Morgan fingerprint density at radius 1 is 0.750 bits per heavy atom. The fourth-order valence-corrected chi connectivity index (χ4v) is 2.23. The van der Waals surface area contributed by atoms with Crippen molar-refractivity contribution in [2.75, 3.05) is 0 Å². The van der Waals surface area contributed by atoms with Crippen LogP contribution in [-0.4, -0.2) is 11.1 Å². The summed E-state index contributed by atoms with van der Waals surface area (Å²) in [5, 5.41) is 8.48. The van der Waals surface area contributed by atoms with Crippen molar-refractivity contribution in [3.05, 3.63) is 24.8 Å². The molecule has 0 spiro atoms. The van der Waals surface area contributed by atoms with Gasteiger partial charge in [0.25, 0.3) is 0 Å². The molecule has 0 saturated heterocycles. The molecule has 116 valence electrons. The molecule has 0 aliphatic rings. The van der Waals surface area contributed by atoms with Gasteiger partial charge in [-0.1, -0.05) is 63.2 Å².